The maximum absolute atomic E-state index is 8.75. The van der Waals surface area contributed by atoms with Gasteiger partial charge >= 0.3 is 0 Å². The van der Waals surface area contributed by atoms with E-state index in [0.29, 0.717) is 12.8 Å². The molecular weight excluding hydrogens is 185 g/mol. The molecule has 0 aromatic rings. The van der Waals surface area contributed by atoms with Gasteiger partial charge in [0.05, 0.1) is 12.7 Å². The molecule has 0 aromatic carbocycles. The Hall–Kier alpha value is 0.503. The van der Waals surface area contributed by atoms with Crippen LogP contribution in [0.2, 0.25) is 0 Å². The zero-order valence-corrected chi connectivity index (χ0v) is 9.13. The minimum atomic E-state index is -0.600. The topological polar surface area (TPSA) is 60.7 Å². The van der Waals surface area contributed by atoms with Gasteiger partial charge < -0.3 is 15.3 Å². The predicted molar refractivity (Wildman–Crippen MR) is 34.0 cm³/mol. The van der Waals surface area contributed by atoms with Crippen LogP contribution in [0.5, 0.6) is 0 Å². The molecule has 0 rings (SSSR count). The monoisotopic (exact) mass is 198 g/mol. The third kappa shape index (κ3) is 8.50. The molecule has 1 atom stereocenters. The largest absolute Gasteiger partial charge is 0.396 e. The van der Waals surface area contributed by atoms with Crippen molar-refractivity contribution in [3.8, 4) is 0 Å². The molecule has 0 bridgehead atoms. The van der Waals surface area contributed by atoms with Gasteiger partial charge in [0, 0.05) is 26.1 Å². The summed E-state index contributed by atoms with van der Waals surface area (Å²) in [7, 11) is 0. The fourth-order valence-electron chi connectivity index (χ4n) is 0.583. The maximum atomic E-state index is 8.75. The van der Waals surface area contributed by atoms with Crippen molar-refractivity contribution in [2.75, 3.05) is 13.2 Å². The molecule has 58 valence electrons. The van der Waals surface area contributed by atoms with Crippen LogP contribution in [-0.2, 0) is 19.5 Å². The van der Waals surface area contributed by atoms with Gasteiger partial charge in [-0.3, -0.25) is 0 Å². The Labute approximate surface area is 73.8 Å². The molecule has 3 N–H and O–H groups in total. The molecule has 0 fully saturated rings. The molecule has 3 nitrogen and oxygen atoms in total. The zero-order chi connectivity index (χ0) is 7.11. The van der Waals surface area contributed by atoms with Gasteiger partial charge in [0.1, 0.15) is 0 Å². The number of hydrogen-bond acceptors (Lipinski definition) is 3. The average molecular weight is 200 g/mol. The van der Waals surface area contributed by atoms with E-state index in [9.17, 15) is 0 Å². The van der Waals surface area contributed by atoms with Gasteiger partial charge in [-0.1, -0.05) is 0 Å². The summed E-state index contributed by atoms with van der Waals surface area (Å²) in [4.78, 5) is 0. The van der Waals surface area contributed by atoms with Crippen molar-refractivity contribution in [2.24, 2.45) is 0 Å². The normalized spacial score (nSPS) is 12.3. The predicted octanol–water partition coefficient (Wildman–Crippen LogP) is -0.500. The summed E-state index contributed by atoms with van der Waals surface area (Å²) < 4.78 is 0. The van der Waals surface area contributed by atoms with E-state index in [-0.39, 0.29) is 32.7 Å². The first-order valence-electron chi connectivity index (χ1n) is 3.21. The van der Waals surface area contributed by atoms with Crippen LogP contribution in [-0.4, -0.2) is 34.6 Å². The Morgan fingerprint density at radius 3 is 2.10 bits per heavy atom. The molecule has 0 spiro atoms. The van der Waals surface area contributed by atoms with Crippen LogP contribution in [0.15, 0.2) is 0 Å². The Bertz CT molecular complexity index is 61.0. The van der Waals surface area contributed by atoms with Crippen LogP contribution in [0.1, 0.15) is 19.3 Å². The van der Waals surface area contributed by atoms with E-state index in [1.165, 1.54) is 0 Å². The van der Waals surface area contributed by atoms with Crippen LogP contribution in [0.3, 0.4) is 0 Å². The molecule has 0 radical (unpaired) electrons. The molecule has 1 unspecified atom stereocenters. The molecule has 0 saturated carbocycles. The Kier molecular flexibility index (Phi) is 12.5. The van der Waals surface area contributed by atoms with Crippen molar-refractivity contribution in [2.45, 2.75) is 25.4 Å². The first-order chi connectivity index (χ1) is 4.31. The Morgan fingerprint density at radius 1 is 1.10 bits per heavy atom. The van der Waals surface area contributed by atoms with Crippen molar-refractivity contribution in [3.05, 3.63) is 0 Å². The molecule has 0 aliphatic carbocycles. The van der Waals surface area contributed by atoms with Gasteiger partial charge in [0.2, 0.25) is 0 Å². The summed E-state index contributed by atoms with van der Waals surface area (Å²) in [6.07, 6.45) is 1.46. The SMILES string of the molecule is OCCCCC(O)CO.[Zn]. The summed E-state index contributed by atoms with van der Waals surface area (Å²) >= 11 is 0. The zero-order valence-electron chi connectivity index (χ0n) is 6.16. The molecule has 10 heavy (non-hydrogen) atoms. The number of hydrogen-bond donors (Lipinski definition) is 3. The van der Waals surface area contributed by atoms with Crippen LogP contribution in [0, 0.1) is 0 Å². The average Bonchev–Trinajstić information content (AvgIpc) is 1.89. The Morgan fingerprint density at radius 2 is 1.70 bits per heavy atom. The second-order valence-corrected chi connectivity index (χ2v) is 2.06. The van der Waals surface area contributed by atoms with Crippen molar-refractivity contribution in [1.29, 1.82) is 0 Å². The van der Waals surface area contributed by atoms with Crippen LogP contribution < -0.4 is 0 Å². The molecule has 0 aliphatic rings. The van der Waals surface area contributed by atoms with E-state index >= 15 is 0 Å². The van der Waals surface area contributed by atoms with E-state index in [0.717, 1.165) is 6.42 Å². The van der Waals surface area contributed by atoms with Gasteiger partial charge in [0.15, 0.2) is 0 Å². The van der Waals surface area contributed by atoms with Gasteiger partial charge in [-0.05, 0) is 19.3 Å². The molecule has 0 aliphatic heterocycles. The summed E-state index contributed by atoms with van der Waals surface area (Å²) in [5.41, 5.74) is 0. The number of aliphatic hydroxyl groups is 3. The van der Waals surface area contributed by atoms with Crippen molar-refractivity contribution in [1.82, 2.24) is 0 Å². The summed E-state index contributed by atoms with van der Waals surface area (Å²) in [6.45, 7) is -0.0103. The standard InChI is InChI=1S/C6H14O3.Zn/c7-4-2-1-3-6(9)5-8;/h6-9H,1-5H2;. The van der Waals surface area contributed by atoms with E-state index in [1.807, 2.05) is 0 Å². The first-order valence-corrected chi connectivity index (χ1v) is 3.21. The van der Waals surface area contributed by atoms with Crippen molar-refractivity contribution >= 4 is 0 Å². The van der Waals surface area contributed by atoms with E-state index in [4.69, 9.17) is 15.3 Å². The van der Waals surface area contributed by atoms with Crippen molar-refractivity contribution in [3.63, 3.8) is 0 Å². The summed E-state index contributed by atoms with van der Waals surface area (Å²) in [5, 5.41) is 25.4. The quantitative estimate of drug-likeness (QED) is 0.413. The van der Waals surface area contributed by atoms with Crippen molar-refractivity contribution < 1.29 is 34.8 Å². The maximum Gasteiger partial charge on any atom is 0.0771 e. The molecule has 0 aromatic heterocycles. The molecule has 0 saturated heterocycles. The van der Waals surface area contributed by atoms with Gasteiger partial charge in [-0.25, -0.2) is 0 Å². The van der Waals surface area contributed by atoms with E-state index in [2.05, 4.69) is 0 Å². The third-order valence-electron chi connectivity index (χ3n) is 1.16. The molecular formula is C6H14O3Zn. The van der Waals surface area contributed by atoms with Gasteiger partial charge in [-0.2, -0.15) is 0 Å². The van der Waals surface area contributed by atoms with Gasteiger partial charge in [0.25, 0.3) is 0 Å². The number of aliphatic hydroxyl groups excluding tert-OH is 3. The fourth-order valence-corrected chi connectivity index (χ4v) is 0.583. The summed E-state index contributed by atoms with van der Waals surface area (Å²) in [6, 6.07) is 0. The summed E-state index contributed by atoms with van der Waals surface area (Å²) in [5.74, 6) is 0. The van der Waals surface area contributed by atoms with E-state index in [1.54, 1.807) is 0 Å². The first kappa shape index (κ1) is 13.1. The second-order valence-electron chi connectivity index (χ2n) is 2.06. The molecule has 0 amide bonds. The number of unbranched alkanes of at least 4 members (excludes halogenated alkanes) is 1. The van der Waals surface area contributed by atoms with E-state index < -0.39 is 6.10 Å². The smallest absolute Gasteiger partial charge is 0.0771 e. The van der Waals surface area contributed by atoms with Crippen LogP contribution >= 0.6 is 0 Å². The number of rotatable bonds is 5. The van der Waals surface area contributed by atoms with Gasteiger partial charge in [-0.15, -0.1) is 0 Å². The minimum absolute atomic E-state index is 0. The van der Waals surface area contributed by atoms with Crippen LogP contribution in [0.4, 0.5) is 0 Å². The minimum Gasteiger partial charge on any atom is -0.396 e. The fraction of sp³-hybridized carbons (Fsp3) is 1.00. The molecule has 4 heteroatoms. The Balaban J connectivity index is 0. The second kappa shape index (κ2) is 9.50. The third-order valence-corrected chi connectivity index (χ3v) is 1.16. The molecule has 0 heterocycles. The van der Waals surface area contributed by atoms with Crippen LogP contribution in [0.25, 0.3) is 0 Å².